The van der Waals surface area contributed by atoms with Crippen molar-refractivity contribution < 1.29 is 13.2 Å². The molecule has 0 bridgehead atoms. The van der Waals surface area contributed by atoms with Crippen LogP contribution in [0.25, 0.3) is 0 Å². The maximum Gasteiger partial charge on any atom is 0.233 e. The first-order chi connectivity index (χ1) is 10.3. The van der Waals surface area contributed by atoms with Crippen molar-refractivity contribution in [2.75, 3.05) is 23.8 Å². The first-order valence-corrected chi connectivity index (χ1v) is 10.1. The second-order valence-electron chi connectivity index (χ2n) is 5.52. The van der Waals surface area contributed by atoms with E-state index in [1.807, 2.05) is 25.5 Å². The van der Waals surface area contributed by atoms with Crippen LogP contribution in [0.4, 0.5) is 0 Å². The predicted molar refractivity (Wildman–Crippen MR) is 85.5 cm³/mol. The average molecular weight is 346 g/mol. The molecule has 2 heterocycles. The third-order valence-corrected chi connectivity index (χ3v) is 6.57. The van der Waals surface area contributed by atoms with Crippen LogP contribution < -0.4 is 0 Å². The first kappa shape index (κ1) is 17.3. The van der Waals surface area contributed by atoms with E-state index in [1.165, 1.54) is 11.8 Å². The van der Waals surface area contributed by atoms with Crippen molar-refractivity contribution in [3.05, 3.63) is 5.82 Å². The summed E-state index contributed by atoms with van der Waals surface area (Å²) in [5.41, 5.74) is 0. The first-order valence-electron chi connectivity index (χ1n) is 7.32. The Morgan fingerprint density at radius 2 is 2.18 bits per heavy atom. The summed E-state index contributed by atoms with van der Waals surface area (Å²) in [6, 6.07) is -0.181. The van der Waals surface area contributed by atoms with Gasteiger partial charge in [0.15, 0.2) is 15.0 Å². The van der Waals surface area contributed by atoms with Gasteiger partial charge in [-0.05, 0) is 19.8 Å². The molecule has 1 aromatic heterocycles. The van der Waals surface area contributed by atoms with Gasteiger partial charge in [0.1, 0.15) is 5.82 Å². The molecular weight excluding hydrogens is 324 g/mol. The van der Waals surface area contributed by atoms with Gasteiger partial charge in [0, 0.05) is 19.6 Å². The van der Waals surface area contributed by atoms with E-state index in [-0.39, 0.29) is 29.2 Å². The maximum atomic E-state index is 12.5. The molecule has 1 amide bonds. The molecule has 1 aromatic rings. The number of thioether (sulfide) groups is 1. The summed E-state index contributed by atoms with van der Waals surface area (Å²) in [6.07, 6.45) is 1.36. The van der Waals surface area contributed by atoms with Gasteiger partial charge in [0.2, 0.25) is 5.91 Å². The van der Waals surface area contributed by atoms with Gasteiger partial charge in [0.05, 0.1) is 17.3 Å². The van der Waals surface area contributed by atoms with Crippen LogP contribution in [0.1, 0.15) is 25.6 Å². The van der Waals surface area contributed by atoms with E-state index < -0.39 is 9.84 Å². The molecule has 2 rings (SSSR count). The fourth-order valence-electron chi connectivity index (χ4n) is 2.50. The van der Waals surface area contributed by atoms with Crippen molar-refractivity contribution >= 4 is 27.5 Å². The minimum Gasteiger partial charge on any atom is -0.338 e. The molecule has 1 aliphatic heterocycles. The zero-order chi connectivity index (χ0) is 16.3. The molecule has 0 radical (unpaired) electrons. The molecule has 9 heteroatoms. The van der Waals surface area contributed by atoms with Crippen LogP contribution in [0, 0.1) is 6.92 Å². The van der Waals surface area contributed by atoms with E-state index in [4.69, 9.17) is 0 Å². The molecule has 1 aliphatic rings. The van der Waals surface area contributed by atoms with Gasteiger partial charge in [-0.1, -0.05) is 18.7 Å². The van der Waals surface area contributed by atoms with Crippen LogP contribution in [0.15, 0.2) is 5.16 Å². The molecule has 0 saturated carbocycles. The summed E-state index contributed by atoms with van der Waals surface area (Å²) < 4.78 is 25.1. The highest BCUT2D eigenvalue weighted by atomic mass is 32.2. The lowest BCUT2D eigenvalue weighted by Gasteiger charge is -2.27. The second-order valence-corrected chi connectivity index (χ2v) is 8.69. The van der Waals surface area contributed by atoms with E-state index in [2.05, 4.69) is 10.2 Å². The zero-order valence-corrected chi connectivity index (χ0v) is 14.8. The number of sulfone groups is 1. The number of hydrogen-bond donors (Lipinski definition) is 0. The van der Waals surface area contributed by atoms with Crippen LogP contribution >= 0.6 is 11.8 Å². The van der Waals surface area contributed by atoms with E-state index in [9.17, 15) is 13.2 Å². The number of aryl methyl sites for hydroxylation is 1. The molecule has 0 N–H and O–H groups in total. The van der Waals surface area contributed by atoms with Crippen LogP contribution in [-0.2, 0) is 21.7 Å². The Morgan fingerprint density at radius 3 is 2.68 bits per heavy atom. The van der Waals surface area contributed by atoms with Crippen molar-refractivity contribution in [1.82, 2.24) is 19.7 Å². The Hall–Kier alpha value is -1.09. The summed E-state index contributed by atoms with van der Waals surface area (Å²) in [6.45, 7) is 4.44. The lowest BCUT2D eigenvalue weighted by Crippen LogP contribution is -2.42. The SMILES string of the molecule is CCCN(C(=O)CSc1nnc(C)n1C)[C@H]1CCS(=O)(=O)C1. The van der Waals surface area contributed by atoms with E-state index >= 15 is 0 Å². The van der Waals surface area contributed by atoms with E-state index in [0.717, 1.165) is 12.2 Å². The Labute approximate surface area is 135 Å². The predicted octanol–water partition coefficient (Wildman–Crippen LogP) is 0.641. The Morgan fingerprint density at radius 1 is 1.45 bits per heavy atom. The largest absolute Gasteiger partial charge is 0.338 e. The topological polar surface area (TPSA) is 85.2 Å². The summed E-state index contributed by atoms with van der Waals surface area (Å²) >= 11 is 1.34. The molecular formula is C13H22N4O3S2. The molecule has 0 unspecified atom stereocenters. The van der Waals surface area contributed by atoms with Crippen LogP contribution in [0.2, 0.25) is 0 Å². The van der Waals surface area contributed by atoms with Gasteiger partial charge in [-0.3, -0.25) is 4.79 Å². The number of rotatable bonds is 6. The molecule has 0 aliphatic carbocycles. The van der Waals surface area contributed by atoms with Crippen molar-refractivity contribution in [3.63, 3.8) is 0 Å². The fourth-order valence-corrected chi connectivity index (χ4v) is 5.07. The third-order valence-electron chi connectivity index (χ3n) is 3.81. The number of nitrogens with zero attached hydrogens (tertiary/aromatic N) is 4. The monoisotopic (exact) mass is 346 g/mol. The van der Waals surface area contributed by atoms with Gasteiger partial charge >= 0.3 is 0 Å². The number of carbonyl (C=O) groups excluding carboxylic acids is 1. The van der Waals surface area contributed by atoms with Crippen molar-refractivity contribution in [1.29, 1.82) is 0 Å². The van der Waals surface area contributed by atoms with Gasteiger partial charge < -0.3 is 9.47 Å². The Balaban J connectivity index is 1.99. The number of carbonyl (C=O) groups is 1. The number of hydrogen-bond acceptors (Lipinski definition) is 6. The van der Waals surface area contributed by atoms with Gasteiger partial charge in [-0.25, -0.2) is 8.42 Å². The van der Waals surface area contributed by atoms with Gasteiger partial charge in [0.25, 0.3) is 0 Å². The molecule has 1 saturated heterocycles. The number of aromatic nitrogens is 3. The summed E-state index contributed by atoms with van der Waals surface area (Å²) in [4.78, 5) is 14.2. The quantitative estimate of drug-likeness (QED) is 0.703. The molecule has 7 nitrogen and oxygen atoms in total. The van der Waals surface area contributed by atoms with Crippen molar-refractivity contribution in [2.45, 2.75) is 37.9 Å². The molecule has 0 spiro atoms. The highest BCUT2D eigenvalue weighted by Gasteiger charge is 2.34. The summed E-state index contributed by atoms with van der Waals surface area (Å²) in [5, 5.41) is 8.68. The minimum absolute atomic E-state index is 0.0328. The molecule has 1 fully saturated rings. The maximum absolute atomic E-state index is 12.5. The Kier molecular flexibility index (Phi) is 5.49. The summed E-state index contributed by atoms with van der Waals surface area (Å²) in [7, 11) is -1.13. The fraction of sp³-hybridized carbons (Fsp3) is 0.769. The van der Waals surface area contributed by atoms with Crippen molar-refractivity contribution in [2.24, 2.45) is 7.05 Å². The van der Waals surface area contributed by atoms with Gasteiger partial charge in [-0.2, -0.15) is 0 Å². The lowest BCUT2D eigenvalue weighted by molar-refractivity contribution is -0.130. The standard InChI is InChI=1S/C13H22N4O3S2/c1-4-6-17(11-5-7-22(19,20)9-11)12(18)8-21-13-15-14-10(2)16(13)3/h11H,4-9H2,1-3H3/t11-/m0/s1. The molecule has 0 aromatic carbocycles. The lowest BCUT2D eigenvalue weighted by atomic mass is 10.2. The zero-order valence-electron chi connectivity index (χ0n) is 13.2. The molecule has 1 atom stereocenters. The normalized spacial score (nSPS) is 20.2. The summed E-state index contributed by atoms with van der Waals surface area (Å²) in [5.74, 6) is 1.28. The van der Waals surface area contributed by atoms with Crippen molar-refractivity contribution in [3.8, 4) is 0 Å². The highest BCUT2D eigenvalue weighted by Crippen LogP contribution is 2.21. The molecule has 124 valence electrons. The average Bonchev–Trinajstić information content (AvgIpc) is 2.97. The van der Waals surface area contributed by atoms with Crippen LogP contribution in [-0.4, -0.2) is 63.8 Å². The third kappa shape index (κ3) is 4.01. The van der Waals surface area contributed by atoms with E-state index in [1.54, 1.807) is 4.90 Å². The smallest absolute Gasteiger partial charge is 0.233 e. The van der Waals surface area contributed by atoms with Gasteiger partial charge in [-0.15, -0.1) is 10.2 Å². The number of amides is 1. The van der Waals surface area contributed by atoms with E-state index in [0.29, 0.717) is 18.1 Å². The second kappa shape index (κ2) is 6.99. The minimum atomic E-state index is -2.99. The van der Waals surface area contributed by atoms with Crippen LogP contribution in [0.3, 0.4) is 0 Å². The highest BCUT2D eigenvalue weighted by molar-refractivity contribution is 7.99. The van der Waals surface area contributed by atoms with Crippen LogP contribution in [0.5, 0.6) is 0 Å². The molecule has 22 heavy (non-hydrogen) atoms. The Bertz CT molecular complexity index is 642.